The molecule has 15 heteroatoms. The Morgan fingerprint density at radius 3 is 2.70 bits per heavy atom. The molecule has 0 aliphatic carbocycles. The van der Waals surface area contributed by atoms with Crippen molar-refractivity contribution in [3.63, 3.8) is 0 Å². The Morgan fingerprint density at radius 1 is 1.22 bits per heavy atom. The standard InChI is InChI=1S/C31H27F4N7O2S2/c1-2-42-14-22(27(31(33,34)35)40-41-30-39-26(25(13-36)46-30)17-5-8-19(32)9-6-17)21-12-18(7-10-24(21)42)28-38-20(16-45-28)15-44-29(43)23-4-3-11-37-23/h5-10,12,14,16,23,27,37,40H,2-4,11,15H2,1H3,(H,39,41)/t23-,27?/m0/s1. The fourth-order valence-electron chi connectivity index (χ4n) is 5.31. The first kappa shape index (κ1) is 31.6. The zero-order valence-electron chi connectivity index (χ0n) is 24.3. The number of thiazole rings is 2. The minimum absolute atomic E-state index is 0.00605. The first-order valence-electron chi connectivity index (χ1n) is 14.4. The van der Waals surface area contributed by atoms with Gasteiger partial charge in [0.05, 0.1) is 5.69 Å². The van der Waals surface area contributed by atoms with Crippen LogP contribution in [0.5, 0.6) is 0 Å². The molecule has 1 aliphatic heterocycles. The first-order chi connectivity index (χ1) is 22.1. The summed E-state index contributed by atoms with van der Waals surface area (Å²) in [5, 5.41) is 15.5. The summed E-state index contributed by atoms with van der Waals surface area (Å²) in [6.45, 7) is 3.07. The molecule has 1 saturated heterocycles. The maximum Gasteiger partial charge on any atom is 0.409 e. The lowest BCUT2D eigenvalue weighted by molar-refractivity contribution is -0.156. The number of benzene rings is 2. The quantitative estimate of drug-likeness (QED) is 0.0833. The molecule has 0 amide bonds. The number of alkyl halides is 3. The van der Waals surface area contributed by atoms with E-state index in [0.29, 0.717) is 39.3 Å². The van der Waals surface area contributed by atoms with E-state index in [-0.39, 0.29) is 39.9 Å². The summed E-state index contributed by atoms with van der Waals surface area (Å²) in [4.78, 5) is 21.3. The van der Waals surface area contributed by atoms with E-state index in [1.165, 1.54) is 41.8 Å². The summed E-state index contributed by atoms with van der Waals surface area (Å²) in [6, 6.07) is 10.1. The predicted octanol–water partition coefficient (Wildman–Crippen LogP) is 6.93. The predicted molar refractivity (Wildman–Crippen MR) is 167 cm³/mol. The van der Waals surface area contributed by atoms with Gasteiger partial charge in [0.2, 0.25) is 0 Å². The van der Waals surface area contributed by atoms with E-state index < -0.39 is 18.0 Å². The lowest BCUT2D eigenvalue weighted by atomic mass is 10.0. The van der Waals surface area contributed by atoms with Crippen molar-refractivity contribution < 1.29 is 27.1 Å². The number of nitrogens with zero attached hydrogens (tertiary/aromatic N) is 4. The molecule has 3 aromatic heterocycles. The monoisotopic (exact) mass is 669 g/mol. The molecular formula is C31H27F4N7O2S2. The van der Waals surface area contributed by atoms with Crippen LogP contribution in [0.4, 0.5) is 22.7 Å². The molecule has 0 spiro atoms. The second-order valence-electron chi connectivity index (χ2n) is 10.6. The van der Waals surface area contributed by atoms with Crippen molar-refractivity contribution in [1.82, 2.24) is 25.3 Å². The number of aromatic nitrogens is 3. The Balaban J connectivity index is 1.26. The fourth-order valence-corrected chi connectivity index (χ4v) is 6.86. The average molecular weight is 670 g/mol. The SMILES string of the molecule is CCn1cc(C(NNc2nc(-c3ccc(F)cc3)c(C#N)s2)C(F)(F)F)c2cc(-c3nc(COC(=O)[C@@H]4CCCN4)cs3)ccc21. The van der Waals surface area contributed by atoms with Gasteiger partial charge in [0, 0.05) is 45.7 Å². The van der Waals surface area contributed by atoms with Crippen LogP contribution >= 0.6 is 22.7 Å². The third-order valence-corrected chi connectivity index (χ3v) is 9.38. The maximum absolute atomic E-state index is 14.6. The lowest BCUT2D eigenvalue weighted by Crippen LogP contribution is -2.37. The number of fused-ring (bicyclic) bond motifs is 1. The zero-order valence-corrected chi connectivity index (χ0v) is 26.0. The van der Waals surface area contributed by atoms with E-state index in [1.807, 2.05) is 13.0 Å². The Bertz CT molecular complexity index is 1900. The third-order valence-electron chi connectivity index (χ3n) is 7.57. The van der Waals surface area contributed by atoms with Crippen LogP contribution in [0.3, 0.4) is 0 Å². The van der Waals surface area contributed by atoms with E-state index in [1.54, 1.807) is 28.1 Å². The number of hydrogen-bond acceptors (Lipinski definition) is 10. The van der Waals surface area contributed by atoms with E-state index in [2.05, 4.69) is 26.1 Å². The van der Waals surface area contributed by atoms with Crippen molar-refractivity contribution in [2.75, 3.05) is 12.0 Å². The molecule has 46 heavy (non-hydrogen) atoms. The number of esters is 1. The van der Waals surface area contributed by atoms with Crippen LogP contribution in [0.25, 0.3) is 32.7 Å². The van der Waals surface area contributed by atoms with Gasteiger partial charge < -0.3 is 14.6 Å². The largest absolute Gasteiger partial charge is 0.458 e. The number of ether oxygens (including phenoxy) is 1. The Kier molecular flexibility index (Phi) is 9.05. The van der Waals surface area contributed by atoms with Crippen LogP contribution in [0, 0.1) is 17.1 Å². The van der Waals surface area contributed by atoms with Crippen LogP contribution in [-0.4, -0.2) is 39.3 Å². The molecule has 4 heterocycles. The Labute approximate surface area is 268 Å². The highest BCUT2D eigenvalue weighted by atomic mass is 32.1. The smallest absolute Gasteiger partial charge is 0.409 e. The Morgan fingerprint density at radius 2 is 2.00 bits per heavy atom. The van der Waals surface area contributed by atoms with Crippen molar-refractivity contribution in [2.45, 2.75) is 51.2 Å². The van der Waals surface area contributed by atoms with Crippen LogP contribution in [0.15, 0.2) is 54.0 Å². The van der Waals surface area contributed by atoms with Gasteiger partial charge in [0.25, 0.3) is 0 Å². The highest BCUT2D eigenvalue weighted by Crippen LogP contribution is 2.40. The fraction of sp³-hybridized carbons (Fsp3) is 0.290. The van der Waals surface area contributed by atoms with Crippen LogP contribution in [-0.2, 0) is 22.7 Å². The first-order valence-corrected chi connectivity index (χ1v) is 16.1. The Hall–Kier alpha value is -4.36. The van der Waals surface area contributed by atoms with Crippen molar-refractivity contribution in [3.05, 3.63) is 76.0 Å². The van der Waals surface area contributed by atoms with Crippen LogP contribution in [0.2, 0.25) is 0 Å². The number of nitriles is 1. The number of carbonyl (C=O) groups is 1. The summed E-state index contributed by atoms with van der Waals surface area (Å²) in [5.74, 6) is -0.792. The van der Waals surface area contributed by atoms with Crippen molar-refractivity contribution in [1.29, 1.82) is 5.26 Å². The second-order valence-corrected chi connectivity index (χ2v) is 12.4. The number of anilines is 1. The number of hydrazine groups is 1. The maximum atomic E-state index is 14.6. The summed E-state index contributed by atoms with van der Waals surface area (Å²) < 4.78 is 64.4. The second kappa shape index (κ2) is 13.2. The van der Waals surface area contributed by atoms with E-state index in [4.69, 9.17) is 4.74 Å². The number of hydrogen-bond donors (Lipinski definition) is 3. The normalized spacial score (nSPS) is 15.6. The van der Waals surface area contributed by atoms with Gasteiger partial charge in [0.1, 0.15) is 46.2 Å². The van der Waals surface area contributed by atoms with E-state index in [0.717, 1.165) is 30.7 Å². The van der Waals surface area contributed by atoms with Gasteiger partial charge in [-0.05, 0) is 68.8 Å². The molecule has 2 aromatic carbocycles. The van der Waals surface area contributed by atoms with Gasteiger partial charge in [-0.15, -0.1) is 11.3 Å². The minimum Gasteiger partial charge on any atom is -0.458 e. The average Bonchev–Trinajstić information content (AvgIpc) is 3.86. The van der Waals surface area contributed by atoms with E-state index in [9.17, 15) is 27.6 Å². The molecule has 9 nitrogen and oxygen atoms in total. The topological polar surface area (TPSA) is 117 Å². The molecular weight excluding hydrogens is 643 g/mol. The zero-order chi connectivity index (χ0) is 32.4. The van der Waals surface area contributed by atoms with Gasteiger partial charge >= 0.3 is 12.1 Å². The highest BCUT2D eigenvalue weighted by molar-refractivity contribution is 7.16. The molecule has 3 N–H and O–H groups in total. The van der Waals surface area contributed by atoms with Crippen LogP contribution < -0.4 is 16.2 Å². The molecule has 6 rings (SSSR count). The number of aryl methyl sites for hydroxylation is 1. The van der Waals surface area contributed by atoms with Crippen molar-refractivity contribution in [3.8, 4) is 27.9 Å². The highest BCUT2D eigenvalue weighted by Gasteiger charge is 2.42. The summed E-state index contributed by atoms with van der Waals surface area (Å²) in [6.07, 6.45) is -1.60. The molecule has 0 radical (unpaired) electrons. The molecule has 1 aliphatic rings. The molecule has 5 aromatic rings. The molecule has 0 bridgehead atoms. The summed E-state index contributed by atoms with van der Waals surface area (Å²) >= 11 is 2.19. The van der Waals surface area contributed by atoms with Crippen molar-refractivity contribution >= 4 is 44.7 Å². The number of rotatable bonds is 10. The minimum atomic E-state index is -4.71. The van der Waals surface area contributed by atoms with Gasteiger partial charge in [0.15, 0.2) is 5.13 Å². The van der Waals surface area contributed by atoms with Gasteiger partial charge in [-0.2, -0.15) is 18.4 Å². The molecule has 238 valence electrons. The van der Waals surface area contributed by atoms with Crippen LogP contribution in [0.1, 0.15) is 41.9 Å². The van der Waals surface area contributed by atoms with Gasteiger partial charge in [-0.1, -0.05) is 11.3 Å². The molecule has 1 fully saturated rings. The molecule has 2 atom stereocenters. The molecule has 0 saturated carbocycles. The van der Waals surface area contributed by atoms with Crippen molar-refractivity contribution in [2.24, 2.45) is 0 Å². The van der Waals surface area contributed by atoms with Gasteiger partial charge in [-0.25, -0.2) is 19.8 Å². The third kappa shape index (κ3) is 6.61. The summed E-state index contributed by atoms with van der Waals surface area (Å²) in [7, 11) is 0. The number of nitrogens with one attached hydrogen (secondary N) is 3. The van der Waals surface area contributed by atoms with Gasteiger partial charge in [-0.3, -0.25) is 10.2 Å². The summed E-state index contributed by atoms with van der Waals surface area (Å²) in [5.41, 5.74) is 7.42. The lowest BCUT2D eigenvalue weighted by Gasteiger charge is -2.21. The van der Waals surface area contributed by atoms with E-state index >= 15 is 0 Å². The number of carbonyl (C=O) groups excluding carboxylic acids is 1. The molecule has 1 unspecified atom stereocenters. The number of halogens is 4.